The van der Waals surface area contributed by atoms with Crippen molar-refractivity contribution in [2.75, 3.05) is 57.1 Å². The topological polar surface area (TPSA) is 62.7 Å². The van der Waals surface area contributed by atoms with Crippen LogP contribution in [0.4, 0.5) is 10.8 Å². The van der Waals surface area contributed by atoms with Gasteiger partial charge >= 0.3 is 5.97 Å². The van der Waals surface area contributed by atoms with E-state index in [-0.39, 0.29) is 18.3 Å². The molecule has 0 bridgehead atoms. The molecule has 38 heavy (non-hydrogen) atoms. The molecular weight excluding hydrogens is 496 g/mol. The number of fused-ring (bicyclic) bond motifs is 2. The monoisotopic (exact) mass is 535 g/mol. The van der Waals surface area contributed by atoms with Crippen molar-refractivity contribution in [3.8, 4) is 0 Å². The predicted octanol–water partition coefficient (Wildman–Crippen LogP) is 4.67. The van der Waals surface area contributed by atoms with E-state index in [1.165, 1.54) is 17.0 Å². The molecule has 3 aromatic rings. The summed E-state index contributed by atoms with van der Waals surface area (Å²) in [4.78, 5) is 36.1. The zero-order valence-electron chi connectivity index (χ0n) is 23.4. The fraction of sp³-hybridized carbons (Fsp3) is 0.500. The van der Waals surface area contributed by atoms with Gasteiger partial charge in [-0.05, 0) is 62.9 Å². The van der Waals surface area contributed by atoms with Gasteiger partial charge in [0.25, 0.3) is 0 Å². The first-order valence-electron chi connectivity index (χ1n) is 13.4. The smallest absolute Gasteiger partial charge is 0.307 e. The number of ether oxygens (including phenoxy) is 1. The van der Waals surface area contributed by atoms with Crippen LogP contribution in [0.1, 0.15) is 38.3 Å². The molecule has 202 valence electrons. The number of esters is 1. The maximum atomic E-state index is 14.2. The second kappa shape index (κ2) is 9.65. The first kappa shape index (κ1) is 26.6. The third-order valence-electron chi connectivity index (χ3n) is 7.80. The van der Waals surface area contributed by atoms with Gasteiger partial charge in [-0.2, -0.15) is 0 Å². The minimum Gasteiger partial charge on any atom is -0.460 e. The van der Waals surface area contributed by atoms with Crippen LogP contribution < -0.4 is 9.80 Å². The number of carbonyl (C=O) groups excluding carboxylic acids is 2. The van der Waals surface area contributed by atoms with Crippen molar-refractivity contribution >= 4 is 44.2 Å². The number of carbonyl (C=O) groups is 2. The van der Waals surface area contributed by atoms with E-state index in [2.05, 4.69) is 49.3 Å². The molecule has 0 spiro atoms. The summed E-state index contributed by atoms with van der Waals surface area (Å²) in [5.41, 5.74) is 2.84. The molecule has 2 aliphatic rings. The van der Waals surface area contributed by atoms with Crippen molar-refractivity contribution < 1.29 is 18.8 Å². The number of quaternary nitrogens is 1. The molecule has 2 aromatic carbocycles. The van der Waals surface area contributed by atoms with Gasteiger partial charge in [0.2, 0.25) is 5.91 Å². The van der Waals surface area contributed by atoms with Crippen molar-refractivity contribution in [3.63, 3.8) is 0 Å². The number of piperazine rings is 1. The largest absolute Gasteiger partial charge is 0.460 e. The Morgan fingerprint density at radius 3 is 2.32 bits per heavy atom. The van der Waals surface area contributed by atoms with Gasteiger partial charge in [-0.3, -0.25) is 14.5 Å². The lowest BCUT2D eigenvalue weighted by Crippen LogP contribution is -2.54. The van der Waals surface area contributed by atoms with Crippen LogP contribution in [0.2, 0.25) is 0 Å². The number of thiazole rings is 1. The molecule has 1 aliphatic heterocycles. The van der Waals surface area contributed by atoms with Gasteiger partial charge < -0.3 is 14.1 Å². The highest BCUT2D eigenvalue weighted by molar-refractivity contribution is 7.22. The number of rotatable bonds is 5. The van der Waals surface area contributed by atoms with Gasteiger partial charge in [0.1, 0.15) is 5.60 Å². The highest BCUT2D eigenvalue weighted by Crippen LogP contribution is 2.43. The number of benzene rings is 2. The highest BCUT2D eigenvalue weighted by Gasteiger charge is 2.48. The van der Waals surface area contributed by atoms with E-state index in [1.807, 2.05) is 32.9 Å². The minimum atomic E-state index is -0.886. The summed E-state index contributed by atoms with van der Waals surface area (Å²) in [6, 6.07) is 14.5. The lowest BCUT2D eigenvalue weighted by molar-refractivity contribution is -0.890. The zero-order valence-corrected chi connectivity index (χ0v) is 24.2. The first-order chi connectivity index (χ1) is 17.8. The number of anilines is 2. The Hall–Kier alpha value is -2.97. The maximum absolute atomic E-state index is 14.2. The third kappa shape index (κ3) is 5.43. The number of hydrogen-bond donors (Lipinski definition) is 0. The molecule has 8 heteroatoms. The normalized spacial score (nSPS) is 18.3. The maximum Gasteiger partial charge on any atom is 0.307 e. The molecule has 0 unspecified atom stereocenters. The van der Waals surface area contributed by atoms with Crippen molar-refractivity contribution in [3.05, 3.63) is 53.6 Å². The van der Waals surface area contributed by atoms with E-state index >= 15 is 0 Å². The molecule has 5 rings (SSSR count). The van der Waals surface area contributed by atoms with Gasteiger partial charge in [-0.15, -0.1) is 0 Å². The van der Waals surface area contributed by atoms with Crippen LogP contribution in [0.3, 0.4) is 0 Å². The van der Waals surface area contributed by atoms with Crippen LogP contribution in [0.25, 0.3) is 10.2 Å². The molecule has 0 atom stereocenters. The van der Waals surface area contributed by atoms with Crippen molar-refractivity contribution in [1.82, 2.24) is 4.98 Å². The van der Waals surface area contributed by atoms with Crippen LogP contribution in [0.5, 0.6) is 0 Å². The van der Waals surface area contributed by atoms with Crippen LogP contribution in [-0.4, -0.2) is 74.3 Å². The van der Waals surface area contributed by atoms with Crippen LogP contribution >= 0.6 is 11.3 Å². The average molecular weight is 536 g/mol. The van der Waals surface area contributed by atoms with Crippen LogP contribution in [0, 0.1) is 5.41 Å². The molecular formula is C30H39N4O3S+. The molecule has 2 heterocycles. The molecule has 0 radical (unpaired) electrons. The van der Waals surface area contributed by atoms with E-state index in [0.29, 0.717) is 18.0 Å². The minimum absolute atomic E-state index is 0.0426. The lowest BCUT2D eigenvalue weighted by Gasteiger charge is -2.40. The molecule has 1 aromatic heterocycles. The lowest BCUT2D eigenvalue weighted by atomic mass is 9.80. The molecule has 7 nitrogen and oxygen atoms in total. The van der Waals surface area contributed by atoms with E-state index in [0.717, 1.165) is 52.0 Å². The highest BCUT2D eigenvalue weighted by atomic mass is 32.1. The zero-order chi connectivity index (χ0) is 27.3. The van der Waals surface area contributed by atoms with Crippen molar-refractivity contribution in [2.45, 2.75) is 45.6 Å². The quantitative estimate of drug-likeness (QED) is 0.351. The second-order valence-corrected chi connectivity index (χ2v) is 13.6. The summed E-state index contributed by atoms with van der Waals surface area (Å²) in [5.74, 6) is -0.431. The van der Waals surface area contributed by atoms with Gasteiger partial charge in [0.15, 0.2) is 5.13 Å². The summed E-state index contributed by atoms with van der Waals surface area (Å²) in [5, 5.41) is 0.651. The average Bonchev–Trinajstić information content (AvgIpc) is 3.43. The molecule has 1 saturated heterocycles. The van der Waals surface area contributed by atoms with Gasteiger partial charge in [-0.25, -0.2) is 4.98 Å². The summed E-state index contributed by atoms with van der Waals surface area (Å²) in [6.07, 6.45) is 1.08. The fourth-order valence-corrected chi connectivity index (χ4v) is 6.61. The summed E-state index contributed by atoms with van der Waals surface area (Å²) in [6.45, 7) is 9.85. The second-order valence-electron chi connectivity index (χ2n) is 12.5. The standard InChI is InChI=1S/C30H39N4O3S/c1-29(2,3)37-26(35)20-30(18-21-9-7-8-10-22(21)19-30)27(36)32(4)28-31-24-12-11-23(17-25(24)38-28)33-13-15-34(5,6)16-14-33/h7-12,17H,13-16,18-20H2,1-6H3/q+1. The Kier molecular flexibility index (Phi) is 6.76. The number of hydrogen-bond acceptors (Lipinski definition) is 6. The molecule has 0 saturated carbocycles. The summed E-state index contributed by atoms with van der Waals surface area (Å²) < 4.78 is 7.77. The van der Waals surface area contributed by atoms with Gasteiger partial charge in [0, 0.05) is 12.7 Å². The van der Waals surface area contributed by atoms with Crippen LogP contribution in [0.15, 0.2) is 42.5 Å². The van der Waals surface area contributed by atoms with E-state index in [9.17, 15) is 9.59 Å². The molecule has 1 amide bonds. The van der Waals surface area contributed by atoms with E-state index < -0.39 is 11.0 Å². The number of amides is 1. The summed E-state index contributed by atoms with van der Waals surface area (Å²) in [7, 11) is 6.34. The van der Waals surface area contributed by atoms with Crippen molar-refractivity contribution in [2.24, 2.45) is 5.41 Å². The Morgan fingerprint density at radius 1 is 1.08 bits per heavy atom. The Labute approximate surface area is 229 Å². The molecule has 0 N–H and O–H groups in total. The van der Waals surface area contributed by atoms with Crippen LogP contribution in [-0.2, 0) is 27.2 Å². The summed E-state index contributed by atoms with van der Waals surface area (Å²) >= 11 is 1.53. The first-order valence-corrected chi connectivity index (χ1v) is 14.2. The van der Waals surface area contributed by atoms with Crippen molar-refractivity contribution in [1.29, 1.82) is 0 Å². The number of likely N-dealkylation sites (N-methyl/N-ethyl adjacent to an activating group) is 1. The SMILES string of the molecule is CN(C(=O)C1(CC(=O)OC(C)(C)C)Cc2ccccc2C1)c1nc2ccc(N3CC[N+](C)(C)CC3)cc2s1. The van der Waals surface area contributed by atoms with Gasteiger partial charge in [0.05, 0.1) is 62.3 Å². The number of aromatic nitrogens is 1. The Morgan fingerprint density at radius 2 is 1.71 bits per heavy atom. The fourth-order valence-electron chi connectivity index (χ4n) is 5.65. The molecule has 1 fully saturated rings. The predicted molar refractivity (Wildman–Crippen MR) is 154 cm³/mol. The Balaban J connectivity index is 1.40. The Bertz CT molecular complexity index is 1340. The third-order valence-corrected chi connectivity index (χ3v) is 8.90. The number of nitrogens with zero attached hydrogens (tertiary/aromatic N) is 4. The van der Waals surface area contributed by atoms with Gasteiger partial charge in [-0.1, -0.05) is 35.6 Å². The molecule has 1 aliphatic carbocycles. The van der Waals surface area contributed by atoms with E-state index in [4.69, 9.17) is 9.72 Å². The van der Waals surface area contributed by atoms with E-state index in [1.54, 1.807) is 11.9 Å².